The van der Waals surface area contributed by atoms with Crippen molar-refractivity contribution in [1.82, 2.24) is 23.8 Å². The summed E-state index contributed by atoms with van der Waals surface area (Å²) >= 11 is 0. The summed E-state index contributed by atoms with van der Waals surface area (Å²) in [4.78, 5) is 14.2. The minimum atomic E-state index is 0. The van der Waals surface area contributed by atoms with Crippen LogP contribution in [-0.4, -0.2) is 23.8 Å². The molecule has 0 unspecified atom stereocenters. The average Bonchev–Trinajstić information content (AvgIpc) is 3.57. The molecule has 1 radical (unpaired) electrons. The molecule has 0 N–H and O–H groups in total. The molecule has 0 aliphatic rings. The van der Waals surface area contributed by atoms with Gasteiger partial charge in [0.15, 0.2) is 0 Å². The number of hydrogen-bond donors (Lipinski definition) is 0. The van der Waals surface area contributed by atoms with E-state index in [1.807, 2.05) is 66.9 Å². The number of benzene rings is 4. The number of nitrogens with zero attached hydrogens (tertiary/aromatic N) is 5. The van der Waals surface area contributed by atoms with E-state index in [9.17, 15) is 0 Å². The van der Waals surface area contributed by atoms with Gasteiger partial charge < -0.3 is 4.98 Å². The van der Waals surface area contributed by atoms with Crippen molar-refractivity contribution in [3.63, 3.8) is 0 Å². The largest absolute Gasteiger partial charge is 0.304 e. The van der Waals surface area contributed by atoms with Crippen LogP contribution >= 0.6 is 0 Å². The molecule has 0 bridgehead atoms. The second-order valence-electron chi connectivity index (χ2n) is 10.9. The molecular weight excluding hydrogens is 683 g/mol. The maximum absolute atomic E-state index is 4.88. The third-order valence-corrected chi connectivity index (χ3v) is 7.22. The molecule has 0 saturated carbocycles. The third-order valence-electron chi connectivity index (χ3n) is 7.22. The zero-order valence-corrected chi connectivity index (χ0v) is 25.4. The van der Waals surface area contributed by atoms with Crippen molar-refractivity contribution < 1.29 is 20.1 Å². The molecule has 0 saturated heterocycles. The number of fused-ring (bicyclic) bond motifs is 10. The Hall–Kier alpha value is -4.38. The molecule has 4 aromatic heterocycles. The Bertz CT molecular complexity index is 2140. The minimum absolute atomic E-state index is 0. The Morgan fingerprint density at radius 1 is 0.659 bits per heavy atom. The first-order valence-corrected chi connectivity index (χ1v) is 13.4. The summed E-state index contributed by atoms with van der Waals surface area (Å²) in [6.45, 7) is 6.58. The van der Waals surface area contributed by atoms with Gasteiger partial charge in [-0.1, -0.05) is 57.2 Å². The van der Waals surface area contributed by atoms with E-state index in [4.69, 9.17) is 9.97 Å². The molecule has 5 nitrogen and oxygen atoms in total. The predicted molar refractivity (Wildman–Crippen MR) is 163 cm³/mol. The van der Waals surface area contributed by atoms with E-state index in [1.165, 1.54) is 5.56 Å². The maximum Gasteiger partial charge on any atom is 0.219 e. The Balaban J connectivity index is 0.000000157. The number of aromatic nitrogens is 5. The Kier molecular flexibility index (Phi) is 6.90. The number of hydrogen-bond acceptors (Lipinski definition) is 3. The van der Waals surface area contributed by atoms with Gasteiger partial charge in [-0.25, -0.2) is 4.98 Å². The number of rotatable bonds is 1. The Morgan fingerprint density at radius 3 is 2.15 bits per heavy atom. The van der Waals surface area contributed by atoms with E-state index in [0.717, 1.165) is 55.7 Å². The number of para-hydroxylation sites is 4. The van der Waals surface area contributed by atoms with Crippen LogP contribution in [0.15, 0.2) is 109 Å². The fourth-order valence-electron chi connectivity index (χ4n) is 5.14. The first-order chi connectivity index (χ1) is 19.5. The summed E-state index contributed by atoms with van der Waals surface area (Å²) in [7, 11) is 0. The van der Waals surface area contributed by atoms with Gasteiger partial charge in [-0.15, -0.1) is 42.0 Å². The monoisotopic (exact) mass is 710 g/mol. The van der Waals surface area contributed by atoms with E-state index in [-0.39, 0.29) is 25.5 Å². The molecule has 41 heavy (non-hydrogen) atoms. The second kappa shape index (κ2) is 10.5. The van der Waals surface area contributed by atoms with Crippen LogP contribution in [0.4, 0.5) is 0 Å². The van der Waals surface area contributed by atoms with Gasteiger partial charge in [0, 0.05) is 31.7 Å². The van der Waals surface area contributed by atoms with Crippen LogP contribution in [0.5, 0.6) is 0 Å². The summed E-state index contributed by atoms with van der Waals surface area (Å²) in [5, 5.41) is 1.11. The quantitative estimate of drug-likeness (QED) is 0.162. The summed E-state index contributed by atoms with van der Waals surface area (Å²) < 4.78 is 4.32. The van der Waals surface area contributed by atoms with Crippen molar-refractivity contribution in [2.75, 3.05) is 0 Å². The van der Waals surface area contributed by atoms with Gasteiger partial charge in [-0.2, -0.15) is 18.2 Å². The first-order valence-electron chi connectivity index (χ1n) is 13.4. The van der Waals surface area contributed by atoms with E-state index in [2.05, 4.69) is 89.2 Å². The molecule has 6 heteroatoms. The Morgan fingerprint density at radius 2 is 1.39 bits per heavy atom. The van der Waals surface area contributed by atoms with Gasteiger partial charge in [0.05, 0.1) is 16.6 Å². The number of imidazole rings is 2. The topological polar surface area (TPSA) is 47.5 Å². The van der Waals surface area contributed by atoms with Crippen LogP contribution in [0.1, 0.15) is 26.3 Å². The van der Waals surface area contributed by atoms with Crippen LogP contribution in [0.2, 0.25) is 0 Å². The van der Waals surface area contributed by atoms with Crippen LogP contribution in [-0.2, 0) is 25.5 Å². The van der Waals surface area contributed by atoms with Crippen molar-refractivity contribution in [1.29, 1.82) is 0 Å². The van der Waals surface area contributed by atoms with Gasteiger partial charge in [-0.05, 0) is 52.0 Å². The molecule has 0 aliphatic carbocycles. The van der Waals surface area contributed by atoms with E-state index in [1.54, 1.807) is 0 Å². The van der Waals surface area contributed by atoms with Gasteiger partial charge in [0.2, 0.25) is 5.78 Å². The van der Waals surface area contributed by atoms with Crippen LogP contribution < -0.4 is 0 Å². The van der Waals surface area contributed by atoms with Crippen LogP contribution in [0.3, 0.4) is 0 Å². The van der Waals surface area contributed by atoms with Crippen molar-refractivity contribution in [2.24, 2.45) is 0 Å². The van der Waals surface area contributed by atoms with Crippen LogP contribution in [0, 0.1) is 12.1 Å². The van der Waals surface area contributed by atoms with E-state index >= 15 is 0 Å². The fraction of sp³-hybridized carbons (Fsp3) is 0.114. The first kappa shape index (κ1) is 26.8. The molecule has 0 aliphatic heterocycles. The summed E-state index contributed by atoms with van der Waals surface area (Å²) in [5.41, 5.74) is 9.45. The average molecular weight is 710 g/mol. The molecular formula is C35H27IrN5-2. The zero-order chi connectivity index (χ0) is 27.3. The van der Waals surface area contributed by atoms with Gasteiger partial charge >= 0.3 is 0 Å². The maximum atomic E-state index is 4.88. The molecule has 0 spiro atoms. The normalized spacial score (nSPS) is 11.6. The van der Waals surface area contributed by atoms with Crippen LogP contribution in [0.25, 0.3) is 55.7 Å². The third kappa shape index (κ3) is 4.69. The van der Waals surface area contributed by atoms with Crippen molar-refractivity contribution in [3.05, 3.63) is 127 Å². The van der Waals surface area contributed by atoms with Crippen molar-refractivity contribution >= 4 is 44.4 Å². The minimum Gasteiger partial charge on any atom is -0.304 e. The molecule has 0 atom stereocenters. The molecule has 203 valence electrons. The van der Waals surface area contributed by atoms with Crippen molar-refractivity contribution in [2.45, 2.75) is 26.2 Å². The summed E-state index contributed by atoms with van der Waals surface area (Å²) in [6.07, 6.45) is 1.95. The second-order valence-corrected chi connectivity index (χ2v) is 10.9. The molecule has 0 amide bonds. The fourth-order valence-corrected chi connectivity index (χ4v) is 5.14. The smallest absolute Gasteiger partial charge is 0.219 e. The summed E-state index contributed by atoms with van der Waals surface area (Å²) in [6, 6.07) is 41.1. The van der Waals surface area contributed by atoms with Gasteiger partial charge in [0.25, 0.3) is 0 Å². The van der Waals surface area contributed by atoms with Gasteiger partial charge in [0.1, 0.15) is 5.65 Å². The van der Waals surface area contributed by atoms with Crippen molar-refractivity contribution in [3.8, 4) is 11.3 Å². The Labute approximate surface area is 251 Å². The standard InChI is InChI=1S/C20H11N4.C15H16N.Ir/c1-4-10-16-13(7-1)19-21-14-8-2-6-12-18(14)24(19)20-22-15-9-3-5-11-17(15)23(16)20;1-15(2,3)13-9-10-14(16-11-13)12-7-5-4-6-8-12;/h1-11H;4-7,9-11H,1-3H3;/q2*-1;. The van der Waals surface area contributed by atoms with E-state index in [0.29, 0.717) is 0 Å². The predicted octanol–water partition coefficient (Wildman–Crippen LogP) is 8.09. The van der Waals surface area contributed by atoms with Gasteiger partial charge in [-0.3, -0.25) is 13.8 Å². The molecule has 8 aromatic rings. The molecule has 4 aromatic carbocycles. The van der Waals surface area contributed by atoms with E-state index < -0.39 is 0 Å². The summed E-state index contributed by atoms with van der Waals surface area (Å²) in [5.74, 6) is 0.870. The molecule has 4 heterocycles. The molecule has 8 rings (SSSR count). The SMILES string of the molecule is CC(C)(C)c1ccc(-c2[c-]cccc2)nc1.[Ir].[c-]1cccc2nc3c4ccccc4n4c5ccccc5nc4n3c12. The number of pyridine rings is 1. The molecule has 0 fully saturated rings. The zero-order valence-electron chi connectivity index (χ0n) is 23.0.